The fraction of sp³-hybridized carbons (Fsp3) is 0.500. The Balaban J connectivity index is 1.93. The van der Waals surface area contributed by atoms with Gasteiger partial charge < -0.3 is 10.7 Å². The summed E-state index contributed by atoms with van der Waals surface area (Å²) in [5, 5.41) is 0. The van der Waals surface area contributed by atoms with Crippen LogP contribution in [0.25, 0.3) is 11.0 Å². The predicted octanol–water partition coefficient (Wildman–Crippen LogP) is 2.80. The fourth-order valence-corrected chi connectivity index (χ4v) is 3.14. The largest absolute Gasteiger partial charge is 0.345 e. The number of aromatic amines is 1. The number of rotatable bonds is 3. The van der Waals surface area contributed by atoms with E-state index in [1.54, 1.807) is 6.33 Å². The van der Waals surface area contributed by atoms with Gasteiger partial charge in [-0.1, -0.05) is 18.9 Å². The monoisotopic (exact) mass is 229 g/mol. The molecule has 90 valence electrons. The SMILES string of the molecule is NCC(c1ccc2nc[nH]c2c1)C1CCCC1. The molecule has 1 saturated carbocycles. The number of aromatic nitrogens is 2. The second-order valence-corrected chi connectivity index (χ2v) is 5.07. The Morgan fingerprint density at radius 3 is 2.94 bits per heavy atom. The van der Waals surface area contributed by atoms with Crippen LogP contribution in [-0.4, -0.2) is 16.5 Å². The first-order chi connectivity index (χ1) is 8.38. The maximum atomic E-state index is 5.98. The maximum Gasteiger partial charge on any atom is 0.0931 e. The van der Waals surface area contributed by atoms with E-state index in [1.165, 1.54) is 31.2 Å². The van der Waals surface area contributed by atoms with Crippen molar-refractivity contribution >= 4 is 11.0 Å². The van der Waals surface area contributed by atoms with E-state index >= 15 is 0 Å². The first-order valence-electron chi connectivity index (χ1n) is 6.51. The zero-order valence-corrected chi connectivity index (χ0v) is 10.0. The van der Waals surface area contributed by atoms with Gasteiger partial charge in [-0.15, -0.1) is 0 Å². The third-order valence-electron chi connectivity index (χ3n) is 4.10. The molecular weight excluding hydrogens is 210 g/mol. The van der Waals surface area contributed by atoms with Gasteiger partial charge in [0.25, 0.3) is 0 Å². The van der Waals surface area contributed by atoms with Crippen molar-refractivity contribution in [1.29, 1.82) is 0 Å². The molecule has 1 aliphatic rings. The number of nitrogens with one attached hydrogen (secondary N) is 1. The summed E-state index contributed by atoms with van der Waals surface area (Å²) in [6.07, 6.45) is 7.16. The van der Waals surface area contributed by atoms with Crippen molar-refractivity contribution in [3.05, 3.63) is 30.1 Å². The highest BCUT2D eigenvalue weighted by Crippen LogP contribution is 2.37. The van der Waals surface area contributed by atoms with Gasteiger partial charge in [-0.25, -0.2) is 4.98 Å². The van der Waals surface area contributed by atoms with Gasteiger partial charge in [0.1, 0.15) is 0 Å². The molecule has 1 unspecified atom stereocenters. The Labute approximate surface area is 101 Å². The van der Waals surface area contributed by atoms with Crippen LogP contribution in [0.1, 0.15) is 37.2 Å². The Hall–Kier alpha value is -1.35. The van der Waals surface area contributed by atoms with Crippen LogP contribution >= 0.6 is 0 Å². The molecule has 3 N–H and O–H groups in total. The van der Waals surface area contributed by atoms with Crippen LogP contribution in [0.4, 0.5) is 0 Å². The van der Waals surface area contributed by atoms with Crippen LogP contribution in [0.2, 0.25) is 0 Å². The minimum atomic E-state index is 0.519. The van der Waals surface area contributed by atoms with Crippen molar-refractivity contribution in [2.45, 2.75) is 31.6 Å². The van der Waals surface area contributed by atoms with Gasteiger partial charge in [0.15, 0.2) is 0 Å². The highest BCUT2D eigenvalue weighted by molar-refractivity contribution is 5.75. The molecule has 0 aliphatic heterocycles. The second-order valence-electron chi connectivity index (χ2n) is 5.07. The number of nitrogens with two attached hydrogens (primary N) is 1. The molecule has 3 heteroatoms. The van der Waals surface area contributed by atoms with E-state index < -0.39 is 0 Å². The zero-order chi connectivity index (χ0) is 11.7. The molecule has 1 heterocycles. The van der Waals surface area contributed by atoms with Gasteiger partial charge in [0.05, 0.1) is 17.4 Å². The number of imidazole rings is 1. The van der Waals surface area contributed by atoms with Gasteiger partial charge in [0, 0.05) is 0 Å². The summed E-state index contributed by atoms with van der Waals surface area (Å²) in [6, 6.07) is 6.51. The van der Waals surface area contributed by atoms with E-state index in [0.717, 1.165) is 23.5 Å². The number of hydrogen-bond acceptors (Lipinski definition) is 2. The molecule has 0 radical (unpaired) electrons. The molecule has 1 aromatic heterocycles. The van der Waals surface area contributed by atoms with Gasteiger partial charge in [-0.05, 0) is 48.9 Å². The van der Waals surface area contributed by atoms with Gasteiger partial charge in [-0.3, -0.25) is 0 Å². The van der Waals surface area contributed by atoms with Crippen molar-refractivity contribution in [3.8, 4) is 0 Å². The quantitative estimate of drug-likeness (QED) is 0.850. The predicted molar refractivity (Wildman–Crippen MR) is 69.8 cm³/mol. The van der Waals surface area contributed by atoms with Crippen LogP contribution in [-0.2, 0) is 0 Å². The summed E-state index contributed by atoms with van der Waals surface area (Å²) in [4.78, 5) is 7.43. The van der Waals surface area contributed by atoms with Crippen LogP contribution in [0.3, 0.4) is 0 Å². The van der Waals surface area contributed by atoms with Crippen molar-refractivity contribution in [2.75, 3.05) is 6.54 Å². The fourth-order valence-electron chi connectivity index (χ4n) is 3.14. The highest BCUT2D eigenvalue weighted by Gasteiger charge is 2.25. The molecule has 0 amide bonds. The minimum Gasteiger partial charge on any atom is -0.345 e. The molecule has 1 aliphatic carbocycles. The summed E-state index contributed by atoms with van der Waals surface area (Å²) < 4.78 is 0. The Morgan fingerprint density at radius 1 is 1.35 bits per heavy atom. The maximum absolute atomic E-state index is 5.98. The molecule has 2 aromatic rings. The van der Waals surface area contributed by atoms with Crippen LogP contribution < -0.4 is 5.73 Å². The highest BCUT2D eigenvalue weighted by atomic mass is 14.9. The summed E-state index contributed by atoms with van der Waals surface area (Å²) in [5.74, 6) is 1.30. The third kappa shape index (κ3) is 1.95. The molecule has 1 atom stereocenters. The Kier molecular flexibility index (Phi) is 2.85. The topological polar surface area (TPSA) is 54.7 Å². The minimum absolute atomic E-state index is 0.519. The normalized spacial score (nSPS) is 18.9. The molecular formula is C14H19N3. The summed E-state index contributed by atoms with van der Waals surface area (Å²) in [6.45, 7) is 0.754. The number of H-pyrrole nitrogens is 1. The molecule has 0 bridgehead atoms. The van der Waals surface area contributed by atoms with Gasteiger partial charge >= 0.3 is 0 Å². The lowest BCUT2D eigenvalue weighted by molar-refractivity contribution is 0.440. The second kappa shape index (κ2) is 4.49. The molecule has 1 aromatic carbocycles. The zero-order valence-electron chi connectivity index (χ0n) is 10.0. The number of hydrogen-bond donors (Lipinski definition) is 2. The van der Waals surface area contributed by atoms with E-state index in [2.05, 4.69) is 28.2 Å². The molecule has 3 nitrogen and oxygen atoms in total. The lowest BCUT2D eigenvalue weighted by Crippen LogP contribution is -2.19. The van der Waals surface area contributed by atoms with E-state index in [-0.39, 0.29) is 0 Å². The first kappa shape index (κ1) is 10.8. The van der Waals surface area contributed by atoms with Gasteiger partial charge in [-0.2, -0.15) is 0 Å². The average Bonchev–Trinajstić information content (AvgIpc) is 2.99. The molecule has 0 spiro atoms. The summed E-state index contributed by atoms with van der Waals surface area (Å²) in [7, 11) is 0. The molecule has 3 rings (SSSR count). The van der Waals surface area contributed by atoms with E-state index in [9.17, 15) is 0 Å². The first-order valence-corrected chi connectivity index (χ1v) is 6.51. The number of benzene rings is 1. The van der Waals surface area contributed by atoms with Crippen molar-refractivity contribution in [3.63, 3.8) is 0 Å². The van der Waals surface area contributed by atoms with Crippen LogP contribution in [0, 0.1) is 5.92 Å². The molecule has 0 saturated heterocycles. The Bertz CT molecular complexity index is 497. The van der Waals surface area contributed by atoms with Crippen molar-refractivity contribution < 1.29 is 0 Å². The summed E-state index contributed by atoms with van der Waals surface area (Å²) >= 11 is 0. The van der Waals surface area contributed by atoms with Crippen LogP contribution in [0.5, 0.6) is 0 Å². The average molecular weight is 229 g/mol. The van der Waals surface area contributed by atoms with Crippen molar-refractivity contribution in [2.24, 2.45) is 11.7 Å². The lowest BCUT2D eigenvalue weighted by atomic mass is 9.85. The van der Waals surface area contributed by atoms with E-state index in [1.807, 2.05) is 0 Å². The Morgan fingerprint density at radius 2 is 2.18 bits per heavy atom. The summed E-state index contributed by atoms with van der Waals surface area (Å²) in [5.41, 5.74) is 9.51. The van der Waals surface area contributed by atoms with Crippen molar-refractivity contribution in [1.82, 2.24) is 9.97 Å². The lowest BCUT2D eigenvalue weighted by Gasteiger charge is -2.22. The van der Waals surface area contributed by atoms with Crippen LogP contribution in [0.15, 0.2) is 24.5 Å². The number of fused-ring (bicyclic) bond motifs is 1. The standard InChI is InChI=1S/C14H19N3/c15-8-12(10-3-1-2-4-10)11-5-6-13-14(7-11)17-9-16-13/h5-7,9-10,12H,1-4,8,15H2,(H,16,17). The molecule has 17 heavy (non-hydrogen) atoms. The molecule has 1 fully saturated rings. The number of nitrogens with zero attached hydrogens (tertiary/aromatic N) is 1. The third-order valence-corrected chi connectivity index (χ3v) is 4.10. The van der Waals surface area contributed by atoms with E-state index in [0.29, 0.717) is 5.92 Å². The van der Waals surface area contributed by atoms with Gasteiger partial charge in [0.2, 0.25) is 0 Å². The van der Waals surface area contributed by atoms with E-state index in [4.69, 9.17) is 5.73 Å². The smallest absolute Gasteiger partial charge is 0.0931 e.